The first-order chi connectivity index (χ1) is 23.9. The van der Waals surface area contributed by atoms with Crippen LogP contribution in [0, 0.1) is 13.8 Å². The highest BCUT2D eigenvalue weighted by molar-refractivity contribution is 7.86. The van der Waals surface area contributed by atoms with Crippen LogP contribution < -0.4 is 11.2 Å². The average Bonchev–Trinajstić information content (AvgIpc) is 3.36. The fourth-order valence-corrected chi connectivity index (χ4v) is 6.61. The van der Waals surface area contributed by atoms with Gasteiger partial charge in [0.05, 0.1) is 30.8 Å². The Morgan fingerprint density at radius 2 is 1.64 bits per heavy atom. The van der Waals surface area contributed by atoms with Gasteiger partial charge in [-0.1, -0.05) is 78.4 Å². The molecule has 5 atom stereocenters. The van der Waals surface area contributed by atoms with E-state index in [9.17, 15) is 27.9 Å². The molecule has 1 aromatic heterocycles. The lowest BCUT2D eigenvalue weighted by atomic mass is 9.95. The largest absolute Gasteiger partial charge is 0.466 e. The summed E-state index contributed by atoms with van der Waals surface area (Å²) in [6.07, 6.45) is -3.90. The maximum absolute atomic E-state index is 13.5. The van der Waals surface area contributed by atoms with Crippen molar-refractivity contribution in [3.05, 3.63) is 134 Å². The van der Waals surface area contributed by atoms with Crippen LogP contribution in [0.15, 0.2) is 106 Å². The lowest BCUT2D eigenvalue weighted by Gasteiger charge is -2.36. The Labute approximate surface area is 289 Å². The smallest absolute Gasteiger partial charge is 0.330 e. The number of rotatable bonds is 15. The standard InChI is InChI=1S/C36H40N2O11S/c1-24-14-16-29(17-15-24)50(43,44)47-23-36(22-45-21-27-10-6-4-7-11-27)32(31(40)34(49-36)38-20-25(2)33(41)37-35(38)42)48-30(18-19-46-26(3)39)28-12-8-5-9-13-28/h4-17,20,30-32,34,40H,18-19,21-23H2,1-3H3,(H,37,41,42)/t30?,31-,32+,34-,36+/m1/s1. The van der Waals surface area contributed by atoms with E-state index >= 15 is 0 Å². The molecular formula is C36H40N2O11S. The van der Waals surface area contributed by atoms with E-state index in [-0.39, 0.29) is 36.7 Å². The van der Waals surface area contributed by atoms with Gasteiger partial charge >= 0.3 is 11.7 Å². The number of nitrogens with zero attached hydrogens (tertiary/aromatic N) is 1. The molecule has 4 aromatic rings. The second-order valence-corrected chi connectivity index (χ2v) is 13.8. The zero-order valence-corrected chi connectivity index (χ0v) is 28.7. The molecule has 14 heteroatoms. The van der Waals surface area contributed by atoms with Crippen molar-refractivity contribution in [2.75, 3.05) is 19.8 Å². The first kappa shape index (κ1) is 36.8. The zero-order chi connectivity index (χ0) is 35.9. The third-order valence-electron chi connectivity index (χ3n) is 8.29. The number of carbonyl (C=O) groups is 1. The van der Waals surface area contributed by atoms with Gasteiger partial charge in [-0.25, -0.2) is 4.79 Å². The molecule has 2 N–H and O–H groups in total. The van der Waals surface area contributed by atoms with Crippen LogP contribution in [0.1, 0.15) is 47.9 Å². The minimum Gasteiger partial charge on any atom is -0.466 e. The van der Waals surface area contributed by atoms with Crippen molar-refractivity contribution in [2.24, 2.45) is 0 Å². The van der Waals surface area contributed by atoms with Crippen molar-refractivity contribution in [2.45, 2.75) is 68.8 Å². The molecular weight excluding hydrogens is 668 g/mol. The molecule has 1 unspecified atom stereocenters. The van der Waals surface area contributed by atoms with Crippen molar-refractivity contribution < 1.29 is 41.4 Å². The van der Waals surface area contributed by atoms with Crippen LogP contribution in [0.2, 0.25) is 0 Å². The monoisotopic (exact) mass is 708 g/mol. The van der Waals surface area contributed by atoms with E-state index in [0.29, 0.717) is 5.56 Å². The highest BCUT2D eigenvalue weighted by atomic mass is 32.2. The number of carbonyl (C=O) groups excluding carboxylic acids is 1. The molecule has 50 heavy (non-hydrogen) atoms. The number of aryl methyl sites for hydroxylation is 2. The molecule has 2 heterocycles. The number of benzene rings is 3. The van der Waals surface area contributed by atoms with Crippen molar-refractivity contribution >= 4 is 16.1 Å². The summed E-state index contributed by atoms with van der Waals surface area (Å²) >= 11 is 0. The zero-order valence-electron chi connectivity index (χ0n) is 27.9. The SMILES string of the molecule is CC(=O)OCCC(O[C@H]1[C@@H](O)[C@H](n2cc(C)c(=O)[nH]c2=O)O[C@@]1(COCc1ccccc1)COS(=O)(=O)c1ccc(C)cc1)c1ccccc1. The number of aromatic amines is 1. The summed E-state index contributed by atoms with van der Waals surface area (Å²) in [5, 5.41) is 12.0. The molecule has 0 saturated carbocycles. The molecule has 13 nitrogen and oxygen atoms in total. The topological polar surface area (TPSA) is 172 Å². The van der Waals surface area contributed by atoms with E-state index in [1.165, 1.54) is 32.2 Å². The quantitative estimate of drug-likeness (QED) is 0.137. The maximum atomic E-state index is 13.5. The van der Waals surface area contributed by atoms with Crippen molar-refractivity contribution in [3.8, 4) is 0 Å². The summed E-state index contributed by atoms with van der Waals surface area (Å²) in [7, 11) is -4.37. The summed E-state index contributed by atoms with van der Waals surface area (Å²) < 4.78 is 58.1. The van der Waals surface area contributed by atoms with Crippen LogP contribution in [0.3, 0.4) is 0 Å². The Morgan fingerprint density at radius 3 is 2.30 bits per heavy atom. The number of esters is 1. The first-order valence-electron chi connectivity index (χ1n) is 16.0. The van der Waals surface area contributed by atoms with Gasteiger partial charge in [0.2, 0.25) is 0 Å². The van der Waals surface area contributed by atoms with Gasteiger partial charge in [-0.2, -0.15) is 8.42 Å². The minimum atomic E-state index is -4.37. The van der Waals surface area contributed by atoms with Gasteiger partial charge in [-0.15, -0.1) is 0 Å². The number of ether oxygens (including phenoxy) is 4. The predicted octanol–water partition coefficient (Wildman–Crippen LogP) is 3.48. The molecule has 1 fully saturated rings. The van der Waals surface area contributed by atoms with Gasteiger partial charge in [0.15, 0.2) is 6.23 Å². The van der Waals surface area contributed by atoms with E-state index in [2.05, 4.69) is 4.98 Å². The molecule has 5 rings (SSSR count). The predicted molar refractivity (Wildman–Crippen MR) is 181 cm³/mol. The Morgan fingerprint density at radius 1 is 0.980 bits per heavy atom. The number of hydrogen-bond acceptors (Lipinski definition) is 11. The van der Waals surface area contributed by atoms with Crippen molar-refractivity contribution in [1.82, 2.24) is 9.55 Å². The third-order valence-corrected chi connectivity index (χ3v) is 9.57. The molecule has 0 radical (unpaired) electrons. The Kier molecular flexibility index (Phi) is 11.8. The second kappa shape index (κ2) is 16.1. The molecule has 1 aliphatic rings. The molecule has 0 bridgehead atoms. The van der Waals surface area contributed by atoms with Crippen LogP contribution in [-0.2, 0) is 44.7 Å². The third kappa shape index (κ3) is 8.82. The summed E-state index contributed by atoms with van der Waals surface area (Å²) in [5.41, 5.74) is -0.862. The van der Waals surface area contributed by atoms with Gasteiger partial charge in [-0.3, -0.25) is 23.3 Å². The molecule has 1 aliphatic heterocycles. The van der Waals surface area contributed by atoms with Gasteiger partial charge in [0.25, 0.3) is 15.7 Å². The number of aliphatic hydroxyl groups excluding tert-OH is 1. The van der Waals surface area contributed by atoms with E-state index in [4.69, 9.17) is 23.1 Å². The summed E-state index contributed by atoms with van der Waals surface area (Å²) in [6, 6.07) is 24.3. The first-order valence-corrected chi connectivity index (χ1v) is 17.4. The fourth-order valence-electron chi connectivity index (χ4n) is 5.65. The summed E-state index contributed by atoms with van der Waals surface area (Å²) in [5.74, 6) is -0.493. The van der Waals surface area contributed by atoms with Gasteiger partial charge in [0, 0.05) is 25.1 Å². The van der Waals surface area contributed by atoms with Gasteiger partial charge < -0.3 is 24.1 Å². The number of aliphatic hydroxyl groups is 1. The second-order valence-electron chi connectivity index (χ2n) is 12.1. The van der Waals surface area contributed by atoms with Crippen molar-refractivity contribution in [1.29, 1.82) is 0 Å². The molecule has 0 amide bonds. The highest BCUT2D eigenvalue weighted by Gasteiger charge is 2.58. The fraction of sp³-hybridized carbons (Fsp3) is 0.361. The molecule has 0 aliphatic carbocycles. The Hall–Kier alpha value is -4.44. The van der Waals surface area contributed by atoms with Gasteiger partial charge in [0.1, 0.15) is 24.4 Å². The average molecular weight is 709 g/mol. The maximum Gasteiger partial charge on any atom is 0.330 e. The summed E-state index contributed by atoms with van der Waals surface area (Å²) in [6.45, 7) is 3.58. The number of H-pyrrole nitrogens is 1. The lowest BCUT2D eigenvalue weighted by molar-refractivity contribution is -0.182. The van der Waals surface area contributed by atoms with E-state index < -0.39 is 64.1 Å². The minimum absolute atomic E-state index is 0.0314. The van der Waals surface area contributed by atoms with Crippen LogP contribution in [0.4, 0.5) is 0 Å². The Balaban J connectivity index is 1.58. The normalized spacial score (nSPS) is 21.2. The van der Waals surface area contributed by atoms with Crippen LogP contribution in [0.5, 0.6) is 0 Å². The summed E-state index contributed by atoms with van der Waals surface area (Å²) in [4.78, 5) is 39.1. The lowest BCUT2D eigenvalue weighted by Crippen LogP contribution is -2.52. The highest BCUT2D eigenvalue weighted by Crippen LogP contribution is 2.42. The number of hydrogen-bond donors (Lipinski definition) is 2. The van der Waals surface area contributed by atoms with E-state index in [1.807, 2.05) is 43.3 Å². The number of aromatic nitrogens is 2. The van der Waals surface area contributed by atoms with Crippen LogP contribution in [-0.4, -0.2) is 66.7 Å². The van der Waals surface area contributed by atoms with E-state index in [1.54, 1.807) is 36.4 Å². The number of nitrogens with one attached hydrogen (secondary N) is 1. The van der Waals surface area contributed by atoms with Crippen molar-refractivity contribution in [3.63, 3.8) is 0 Å². The van der Waals surface area contributed by atoms with Gasteiger partial charge in [-0.05, 0) is 37.1 Å². The molecule has 266 valence electrons. The van der Waals surface area contributed by atoms with Crippen LogP contribution in [0.25, 0.3) is 0 Å². The molecule has 1 saturated heterocycles. The molecule has 0 spiro atoms. The van der Waals surface area contributed by atoms with E-state index in [0.717, 1.165) is 15.7 Å². The van der Waals surface area contributed by atoms with Crippen LogP contribution >= 0.6 is 0 Å². The molecule has 3 aromatic carbocycles. The Bertz CT molecular complexity index is 1970.